The molecule has 4 fully saturated rings. The number of aromatic amines is 1. The van der Waals surface area contributed by atoms with Gasteiger partial charge >= 0.3 is 0 Å². The van der Waals surface area contributed by atoms with Gasteiger partial charge in [0.2, 0.25) is 0 Å². The van der Waals surface area contributed by atoms with E-state index in [0.29, 0.717) is 23.2 Å². The van der Waals surface area contributed by atoms with Crippen LogP contribution < -0.4 is 10.9 Å². The SMILES string of the molecule is O=c1[nH]c(CNCC23CC4CC(CC(C4)C2)C3)nc2scc(-c3ccc(F)cc3)c12. The zero-order valence-electron chi connectivity index (χ0n) is 16.9. The lowest BCUT2D eigenvalue weighted by atomic mass is 9.49. The van der Waals surface area contributed by atoms with Crippen molar-refractivity contribution in [3.05, 3.63) is 51.6 Å². The Morgan fingerprint density at radius 3 is 2.43 bits per heavy atom. The number of benzene rings is 1. The van der Waals surface area contributed by atoms with Gasteiger partial charge in [0, 0.05) is 17.5 Å². The van der Waals surface area contributed by atoms with E-state index >= 15 is 0 Å². The molecule has 2 heterocycles. The molecule has 4 bridgehead atoms. The molecule has 3 aromatic rings. The highest BCUT2D eigenvalue weighted by molar-refractivity contribution is 7.17. The number of H-pyrrole nitrogens is 1. The Labute approximate surface area is 178 Å². The van der Waals surface area contributed by atoms with E-state index in [9.17, 15) is 9.18 Å². The fraction of sp³-hybridized carbons (Fsp3) is 0.500. The first kappa shape index (κ1) is 18.7. The highest BCUT2D eigenvalue weighted by atomic mass is 32.1. The monoisotopic (exact) mass is 423 g/mol. The first-order valence-corrected chi connectivity index (χ1v) is 11.9. The van der Waals surface area contributed by atoms with Crippen molar-refractivity contribution < 1.29 is 4.39 Å². The number of rotatable bonds is 5. The lowest BCUT2D eigenvalue weighted by Gasteiger charge is -2.57. The molecule has 4 saturated carbocycles. The number of halogens is 1. The van der Waals surface area contributed by atoms with Crippen molar-refractivity contribution in [1.29, 1.82) is 0 Å². The van der Waals surface area contributed by atoms with Crippen LogP contribution in [0.2, 0.25) is 0 Å². The lowest BCUT2D eigenvalue weighted by Crippen LogP contribution is -2.50. The first-order valence-electron chi connectivity index (χ1n) is 11.0. The number of nitrogens with zero attached hydrogens (tertiary/aromatic N) is 1. The maximum absolute atomic E-state index is 13.2. The second kappa shape index (κ2) is 6.99. The van der Waals surface area contributed by atoms with Gasteiger partial charge in [0.1, 0.15) is 16.5 Å². The summed E-state index contributed by atoms with van der Waals surface area (Å²) < 4.78 is 13.2. The summed E-state index contributed by atoms with van der Waals surface area (Å²) in [6, 6.07) is 6.25. The number of hydrogen-bond acceptors (Lipinski definition) is 4. The molecule has 0 radical (unpaired) electrons. The Balaban J connectivity index is 1.20. The number of aromatic nitrogens is 2. The molecule has 4 aliphatic carbocycles. The largest absolute Gasteiger partial charge is 0.309 e. The molecule has 2 N–H and O–H groups in total. The summed E-state index contributed by atoms with van der Waals surface area (Å²) in [5.74, 6) is 3.26. The van der Waals surface area contributed by atoms with Gasteiger partial charge < -0.3 is 10.3 Å². The molecule has 30 heavy (non-hydrogen) atoms. The zero-order valence-corrected chi connectivity index (χ0v) is 17.7. The molecular weight excluding hydrogens is 397 g/mol. The van der Waals surface area contributed by atoms with E-state index in [2.05, 4.69) is 10.3 Å². The van der Waals surface area contributed by atoms with Crippen LogP contribution in [0.1, 0.15) is 44.3 Å². The van der Waals surface area contributed by atoms with Gasteiger partial charge in [0.05, 0.1) is 11.9 Å². The minimum absolute atomic E-state index is 0.118. The number of hydrogen-bond donors (Lipinski definition) is 2. The molecule has 0 amide bonds. The molecule has 1 aromatic carbocycles. The third-order valence-electron chi connectivity index (χ3n) is 7.61. The Kier molecular flexibility index (Phi) is 4.36. The van der Waals surface area contributed by atoms with E-state index in [0.717, 1.165) is 40.3 Å². The summed E-state index contributed by atoms with van der Waals surface area (Å²) in [5.41, 5.74) is 2.00. The maximum atomic E-state index is 13.2. The van der Waals surface area contributed by atoms with Gasteiger partial charge in [-0.05, 0) is 79.4 Å². The van der Waals surface area contributed by atoms with Gasteiger partial charge in [-0.2, -0.15) is 0 Å². The first-order chi connectivity index (χ1) is 14.6. The highest BCUT2D eigenvalue weighted by Crippen LogP contribution is 2.59. The van der Waals surface area contributed by atoms with Crippen LogP contribution in [0.5, 0.6) is 0 Å². The average Bonchev–Trinajstić information content (AvgIpc) is 3.12. The van der Waals surface area contributed by atoms with E-state index in [1.54, 1.807) is 12.1 Å². The molecule has 156 valence electrons. The summed E-state index contributed by atoms with van der Waals surface area (Å²) in [5, 5.41) is 6.16. The molecule has 0 aliphatic heterocycles. The molecular formula is C24H26FN3OS. The second-order valence-electron chi connectivity index (χ2n) is 9.87. The van der Waals surface area contributed by atoms with Crippen LogP contribution in [0.15, 0.2) is 34.4 Å². The van der Waals surface area contributed by atoms with Gasteiger partial charge in [0.25, 0.3) is 5.56 Å². The van der Waals surface area contributed by atoms with Crippen molar-refractivity contribution in [3.8, 4) is 11.1 Å². The molecule has 2 aromatic heterocycles. The van der Waals surface area contributed by atoms with Crippen LogP contribution >= 0.6 is 11.3 Å². The van der Waals surface area contributed by atoms with Gasteiger partial charge in [-0.15, -0.1) is 11.3 Å². The maximum Gasteiger partial charge on any atom is 0.260 e. The Hall–Kier alpha value is -2.05. The van der Waals surface area contributed by atoms with E-state index in [1.165, 1.54) is 62.0 Å². The number of thiophene rings is 1. The Morgan fingerprint density at radius 1 is 1.10 bits per heavy atom. The number of fused-ring (bicyclic) bond motifs is 1. The minimum Gasteiger partial charge on any atom is -0.309 e. The molecule has 4 nitrogen and oxygen atoms in total. The van der Waals surface area contributed by atoms with Crippen LogP contribution in [0.25, 0.3) is 21.3 Å². The summed E-state index contributed by atoms with van der Waals surface area (Å²) in [7, 11) is 0. The molecule has 0 saturated heterocycles. The molecule has 0 atom stereocenters. The van der Waals surface area contributed by atoms with E-state index in [4.69, 9.17) is 4.98 Å². The molecule has 4 aliphatic rings. The molecule has 0 spiro atoms. The summed E-state index contributed by atoms with van der Waals surface area (Å²) >= 11 is 1.47. The van der Waals surface area contributed by atoms with Gasteiger partial charge in [-0.3, -0.25) is 4.79 Å². The lowest BCUT2D eigenvalue weighted by molar-refractivity contribution is -0.0514. The van der Waals surface area contributed by atoms with E-state index in [-0.39, 0.29) is 11.4 Å². The van der Waals surface area contributed by atoms with Crippen molar-refractivity contribution >= 4 is 21.6 Å². The summed E-state index contributed by atoms with van der Waals surface area (Å²) in [6.07, 6.45) is 8.50. The summed E-state index contributed by atoms with van der Waals surface area (Å²) in [6.45, 7) is 1.63. The Morgan fingerprint density at radius 2 is 1.77 bits per heavy atom. The van der Waals surface area contributed by atoms with Crippen molar-refractivity contribution in [3.63, 3.8) is 0 Å². The van der Waals surface area contributed by atoms with Crippen LogP contribution in [0.3, 0.4) is 0 Å². The minimum atomic E-state index is -0.280. The molecule has 7 rings (SSSR count). The number of nitrogens with one attached hydrogen (secondary N) is 2. The van der Waals surface area contributed by atoms with Crippen molar-refractivity contribution in [1.82, 2.24) is 15.3 Å². The quantitative estimate of drug-likeness (QED) is 0.600. The van der Waals surface area contributed by atoms with Crippen LogP contribution in [-0.4, -0.2) is 16.5 Å². The normalized spacial score (nSPS) is 29.7. The van der Waals surface area contributed by atoms with Crippen molar-refractivity contribution in [2.75, 3.05) is 6.54 Å². The predicted octanol–water partition coefficient (Wildman–Crippen LogP) is 5.10. The van der Waals surface area contributed by atoms with Crippen LogP contribution in [0.4, 0.5) is 4.39 Å². The molecule has 6 heteroatoms. The topological polar surface area (TPSA) is 57.8 Å². The summed E-state index contributed by atoms with van der Waals surface area (Å²) in [4.78, 5) is 21.2. The fourth-order valence-corrected chi connectivity index (χ4v) is 7.84. The zero-order chi connectivity index (χ0) is 20.3. The second-order valence-corrected chi connectivity index (χ2v) is 10.7. The predicted molar refractivity (Wildman–Crippen MR) is 118 cm³/mol. The van der Waals surface area contributed by atoms with Crippen molar-refractivity contribution in [2.24, 2.45) is 23.2 Å². The Bertz CT molecular complexity index is 1110. The smallest absolute Gasteiger partial charge is 0.260 e. The van der Waals surface area contributed by atoms with E-state index in [1.807, 2.05) is 5.38 Å². The van der Waals surface area contributed by atoms with Crippen LogP contribution in [0, 0.1) is 29.0 Å². The fourth-order valence-electron chi connectivity index (χ4n) is 6.87. The standard InChI is InChI=1S/C24H26FN3OS/c25-18-3-1-17(2-4-18)19-12-30-23-21(19)22(29)27-20(28-23)11-26-13-24-8-14-5-15(9-24)7-16(6-14)10-24/h1-4,12,14-16,26H,5-11,13H2,(H,27,28,29). The average molecular weight is 424 g/mol. The van der Waals surface area contributed by atoms with E-state index < -0.39 is 0 Å². The van der Waals surface area contributed by atoms with Crippen LogP contribution in [-0.2, 0) is 6.54 Å². The third kappa shape index (κ3) is 3.21. The van der Waals surface area contributed by atoms with Gasteiger partial charge in [0.15, 0.2) is 0 Å². The van der Waals surface area contributed by atoms with Gasteiger partial charge in [-0.1, -0.05) is 12.1 Å². The third-order valence-corrected chi connectivity index (χ3v) is 8.48. The van der Waals surface area contributed by atoms with Gasteiger partial charge in [-0.25, -0.2) is 9.37 Å². The highest BCUT2D eigenvalue weighted by Gasteiger charge is 2.50. The van der Waals surface area contributed by atoms with Crippen molar-refractivity contribution in [2.45, 2.75) is 45.1 Å². The molecule has 0 unspecified atom stereocenters.